The Labute approximate surface area is 241 Å². The maximum Gasteiger partial charge on any atom is 0.312 e. The van der Waals surface area contributed by atoms with Crippen molar-refractivity contribution in [1.29, 1.82) is 0 Å². The van der Waals surface area contributed by atoms with Crippen molar-refractivity contribution >= 4 is 23.8 Å². The molecule has 42 heavy (non-hydrogen) atoms. The molecule has 0 aliphatic carbocycles. The summed E-state index contributed by atoms with van der Waals surface area (Å²) in [6, 6.07) is 9.75. The molecule has 0 N–H and O–H groups in total. The molecule has 2 heterocycles. The molecule has 5 rings (SSSR count). The Morgan fingerprint density at radius 1 is 0.810 bits per heavy atom. The number of hydrogen-bond donors (Lipinski definition) is 0. The van der Waals surface area contributed by atoms with Crippen LogP contribution in [0, 0.1) is 0 Å². The number of ketones is 1. The first-order valence-corrected chi connectivity index (χ1v) is 12.8. The Kier molecular flexibility index (Phi) is 7.66. The number of hydrogen-bond acceptors (Lipinski definition) is 11. The van der Waals surface area contributed by atoms with Crippen molar-refractivity contribution in [3.8, 4) is 46.0 Å². The summed E-state index contributed by atoms with van der Waals surface area (Å²) in [5, 5.41) is 0. The second-order valence-corrected chi connectivity index (χ2v) is 9.32. The van der Waals surface area contributed by atoms with Crippen LogP contribution in [0.3, 0.4) is 0 Å². The fourth-order valence-electron chi connectivity index (χ4n) is 5.04. The smallest absolute Gasteiger partial charge is 0.312 e. The normalized spacial score (nSPS) is 16.1. The van der Waals surface area contributed by atoms with E-state index in [-0.39, 0.29) is 46.7 Å². The lowest BCUT2D eigenvalue weighted by molar-refractivity contribution is -0.135. The molecule has 0 radical (unpaired) electrons. The van der Waals surface area contributed by atoms with Crippen LogP contribution in [0.15, 0.2) is 42.2 Å². The summed E-state index contributed by atoms with van der Waals surface area (Å²) in [7, 11) is 7.36. The second-order valence-electron chi connectivity index (χ2n) is 9.32. The van der Waals surface area contributed by atoms with Gasteiger partial charge in [0.15, 0.2) is 28.8 Å². The van der Waals surface area contributed by atoms with Crippen LogP contribution in [-0.2, 0) is 9.59 Å². The zero-order valence-corrected chi connectivity index (χ0v) is 23.8. The van der Waals surface area contributed by atoms with Gasteiger partial charge in [0.2, 0.25) is 11.5 Å². The van der Waals surface area contributed by atoms with Gasteiger partial charge in [-0.15, -0.1) is 0 Å². The first kappa shape index (κ1) is 28.3. The van der Waals surface area contributed by atoms with Crippen LogP contribution in [0.5, 0.6) is 46.0 Å². The Morgan fingerprint density at radius 2 is 1.43 bits per heavy atom. The van der Waals surface area contributed by atoms with Crippen molar-refractivity contribution in [2.45, 2.75) is 19.3 Å². The topological polar surface area (TPSA) is 125 Å². The molecule has 3 aromatic rings. The van der Waals surface area contributed by atoms with Gasteiger partial charge in [0.25, 0.3) is 0 Å². The lowest BCUT2D eigenvalue weighted by Crippen LogP contribution is -2.21. The van der Waals surface area contributed by atoms with Crippen molar-refractivity contribution in [2.75, 3.05) is 35.5 Å². The van der Waals surface area contributed by atoms with E-state index in [4.69, 9.17) is 37.9 Å². The number of allylic oxidation sites excluding steroid dienone is 1. The minimum Gasteiger partial charge on any atom is -0.496 e. The van der Waals surface area contributed by atoms with Crippen LogP contribution < -0.4 is 37.9 Å². The van der Waals surface area contributed by atoms with E-state index >= 15 is 0 Å². The summed E-state index contributed by atoms with van der Waals surface area (Å²) in [5.74, 6) is 0.482. The zero-order valence-electron chi connectivity index (χ0n) is 23.8. The predicted molar refractivity (Wildman–Crippen MR) is 148 cm³/mol. The van der Waals surface area contributed by atoms with Crippen LogP contribution in [0.2, 0.25) is 0 Å². The van der Waals surface area contributed by atoms with Gasteiger partial charge >= 0.3 is 11.9 Å². The third-order valence-corrected chi connectivity index (χ3v) is 6.93. The standard InChI is InChI=1S/C31H28O11/c1-15(32)40-31-25(38-5)9-16(10-26(31)39-6)19-13-27(33)41-20-8-7-18-29(34)24(42-30(18)28(19)20)12-17-11-22(36-3)23(37-4)14-21(17)35-2/h7-12,14,19H,13H2,1-6H3/b24-12-/t19-/m0/s1. The number of ether oxygens (including phenoxy) is 8. The van der Waals surface area contributed by atoms with Gasteiger partial charge in [-0.05, 0) is 42.0 Å². The Balaban J connectivity index is 1.62. The quantitative estimate of drug-likeness (QED) is 0.210. The second kappa shape index (κ2) is 11.4. The van der Waals surface area contributed by atoms with E-state index in [0.717, 1.165) is 0 Å². The third-order valence-electron chi connectivity index (χ3n) is 6.93. The van der Waals surface area contributed by atoms with E-state index in [1.807, 2.05) is 0 Å². The number of methoxy groups -OCH3 is 5. The number of benzene rings is 3. The van der Waals surface area contributed by atoms with E-state index in [9.17, 15) is 14.4 Å². The van der Waals surface area contributed by atoms with Gasteiger partial charge < -0.3 is 37.9 Å². The van der Waals surface area contributed by atoms with Gasteiger partial charge in [-0.1, -0.05) is 0 Å². The van der Waals surface area contributed by atoms with Crippen LogP contribution in [0.4, 0.5) is 0 Å². The Bertz CT molecular complexity index is 1610. The highest BCUT2D eigenvalue weighted by molar-refractivity contribution is 6.15. The Hall–Kier alpha value is -5.19. The van der Waals surface area contributed by atoms with Gasteiger partial charge in [-0.2, -0.15) is 0 Å². The maximum atomic E-state index is 13.5. The molecule has 0 spiro atoms. The van der Waals surface area contributed by atoms with Crippen LogP contribution in [-0.4, -0.2) is 53.3 Å². The van der Waals surface area contributed by atoms with Crippen LogP contribution >= 0.6 is 0 Å². The molecule has 2 aliphatic heterocycles. The average molecular weight is 577 g/mol. The molecule has 0 fully saturated rings. The third kappa shape index (κ3) is 4.93. The summed E-state index contributed by atoms with van der Waals surface area (Å²) >= 11 is 0. The lowest BCUT2D eigenvalue weighted by atomic mass is 9.84. The summed E-state index contributed by atoms with van der Waals surface area (Å²) in [6.45, 7) is 1.26. The van der Waals surface area contributed by atoms with E-state index < -0.39 is 17.9 Å². The molecule has 0 bridgehead atoms. The van der Waals surface area contributed by atoms with Gasteiger partial charge in [-0.25, -0.2) is 0 Å². The van der Waals surface area contributed by atoms with E-state index in [1.54, 1.807) is 42.5 Å². The zero-order chi connectivity index (χ0) is 30.1. The lowest BCUT2D eigenvalue weighted by Gasteiger charge is -2.27. The summed E-state index contributed by atoms with van der Waals surface area (Å²) in [6.07, 6.45) is 1.50. The van der Waals surface area contributed by atoms with E-state index in [1.165, 1.54) is 42.5 Å². The molecule has 11 nitrogen and oxygen atoms in total. The summed E-state index contributed by atoms with van der Waals surface area (Å²) < 4.78 is 44.3. The molecule has 1 atom stereocenters. The van der Waals surface area contributed by atoms with Gasteiger partial charge in [0.05, 0.1) is 47.5 Å². The highest BCUT2D eigenvalue weighted by Crippen LogP contribution is 2.51. The van der Waals surface area contributed by atoms with Crippen molar-refractivity contribution in [1.82, 2.24) is 0 Å². The Morgan fingerprint density at radius 3 is 2.02 bits per heavy atom. The molecule has 0 aromatic heterocycles. The number of fused-ring (bicyclic) bond motifs is 3. The predicted octanol–water partition coefficient (Wildman–Crippen LogP) is 4.71. The van der Waals surface area contributed by atoms with Gasteiger partial charge in [0.1, 0.15) is 17.2 Å². The molecular weight excluding hydrogens is 548 g/mol. The first-order valence-electron chi connectivity index (χ1n) is 12.8. The molecule has 0 unspecified atom stereocenters. The number of esters is 2. The van der Waals surface area contributed by atoms with Crippen LogP contribution in [0.25, 0.3) is 6.08 Å². The van der Waals surface area contributed by atoms with Crippen molar-refractivity contribution in [3.05, 3.63) is 64.4 Å². The molecule has 3 aromatic carbocycles. The molecular formula is C31H28O11. The average Bonchev–Trinajstić information content (AvgIpc) is 3.30. The first-order chi connectivity index (χ1) is 20.2. The highest BCUT2D eigenvalue weighted by atomic mass is 16.6. The number of carbonyl (C=O) groups is 3. The monoisotopic (exact) mass is 576 g/mol. The number of rotatable bonds is 8. The summed E-state index contributed by atoms with van der Waals surface area (Å²) in [5.41, 5.74) is 1.94. The highest BCUT2D eigenvalue weighted by Gasteiger charge is 2.39. The number of Topliss-reactive ketones (excluding diaryl/α,β-unsaturated/α-hetero) is 1. The fourth-order valence-corrected chi connectivity index (χ4v) is 5.04. The van der Waals surface area contributed by atoms with Crippen molar-refractivity contribution in [2.24, 2.45) is 0 Å². The van der Waals surface area contributed by atoms with Gasteiger partial charge in [-0.3, -0.25) is 14.4 Å². The van der Waals surface area contributed by atoms with Crippen molar-refractivity contribution < 1.29 is 52.3 Å². The fraction of sp³-hybridized carbons (Fsp3) is 0.258. The molecule has 2 aliphatic rings. The number of carbonyl (C=O) groups excluding carboxylic acids is 3. The minimum absolute atomic E-state index is 0.0416. The van der Waals surface area contributed by atoms with E-state index in [0.29, 0.717) is 39.5 Å². The molecule has 218 valence electrons. The minimum atomic E-state index is -0.604. The summed E-state index contributed by atoms with van der Waals surface area (Å²) in [4.78, 5) is 37.9. The van der Waals surface area contributed by atoms with Crippen molar-refractivity contribution in [3.63, 3.8) is 0 Å². The molecule has 0 amide bonds. The van der Waals surface area contributed by atoms with Gasteiger partial charge in [0, 0.05) is 30.0 Å². The SMILES string of the molecule is COc1cc(OC)c(OC)cc1/C=C1\Oc2c(ccc3c2[C@H](c2cc(OC)c(OC(C)=O)c(OC)c2)CC(=O)O3)C1=O. The molecule has 0 saturated heterocycles. The molecule has 0 saturated carbocycles. The van der Waals surface area contributed by atoms with Crippen LogP contribution in [0.1, 0.15) is 46.3 Å². The largest absolute Gasteiger partial charge is 0.496 e. The maximum absolute atomic E-state index is 13.5. The molecule has 11 heteroatoms. The van der Waals surface area contributed by atoms with E-state index in [2.05, 4.69) is 0 Å².